The van der Waals surface area contributed by atoms with Crippen LogP contribution < -0.4 is 14.4 Å². The van der Waals surface area contributed by atoms with Crippen LogP contribution in [0.15, 0.2) is 178 Å². The first-order chi connectivity index (χ1) is 26.2. The highest BCUT2D eigenvalue weighted by Gasteiger charge is 2.22. The van der Waals surface area contributed by atoms with E-state index in [0.29, 0.717) is 5.75 Å². The first kappa shape index (κ1) is 31.7. The topological polar surface area (TPSA) is 44.7 Å². The van der Waals surface area contributed by atoms with Gasteiger partial charge in [0.2, 0.25) is 0 Å². The van der Waals surface area contributed by atoms with Gasteiger partial charge in [-0.3, -0.25) is 0 Å². The normalized spacial score (nSPS) is 11.8. The number of hydrogen-bond donors (Lipinski definition) is 0. The number of rotatable bonds is 6. The van der Waals surface area contributed by atoms with E-state index in [4.69, 9.17) is 17.4 Å². The van der Waals surface area contributed by atoms with Crippen LogP contribution in [0.5, 0.6) is 11.5 Å². The quantitative estimate of drug-likeness (QED) is 0.160. The van der Waals surface area contributed by atoms with Crippen LogP contribution in [0.4, 0.5) is 0 Å². The molecule has 0 aliphatic heterocycles. The minimum Gasteiger partial charge on any atom is -0.472 e. The SMILES string of the molecule is Cc1ccc(POc2ccc3ccccc3c2-c2c(Op3oc4ccc5ccccc5c4c4c(ccc5ccccc54)o3)ccc3ccccc23)cc1. The number of aryl methyl sites for hydroxylation is 1. The van der Waals surface area contributed by atoms with Crippen molar-refractivity contribution >= 4 is 87.4 Å². The Labute approximate surface area is 308 Å². The van der Waals surface area contributed by atoms with Crippen LogP contribution in [0, 0.1) is 6.92 Å². The van der Waals surface area contributed by atoms with Crippen molar-refractivity contribution in [1.82, 2.24) is 0 Å². The molecular weight excluding hydrogens is 690 g/mol. The van der Waals surface area contributed by atoms with Crippen LogP contribution in [0.1, 0.15) is 5.56 Å². The lowest BCUT2D eigenvalue weighted by molar-refractivity contribution is 0.499. The van der Waals surface area contributed by atoms with Crippen molar-refractivity contribution in [3.8, 4) is 22.6 Å². The summed E-state index contributed by atoms with van der Waals surface area (Å²) in [7, 11) is -1.83. The molecule has 0 aliphatic carbocycles. The molecule has 1 atom stereocenters. The molecule has 9 aromatic carbocycles. The highest BCUT2D eigenvalue weighted by molar-refractivity contribution is 7.42. The first-order valence-electron chi connectivity index (χ1n) is 17.6. The van der Waals surface area contributed by atoms with E-state index in [9.17, 15) is 0 Å². The maximum absolute atomic E-state index is 7.01. The smallest absolute Gasteiger partial charge is 0.453 e. The third-order valence-corrected chi connectivity index (χ3v) is 11.8. The Morgan fingerprint density at radius 3 is 1.42 bits per heavy atom. The Hall–Kier alpha value is -6.05. The lowest BCUT2D eigenvalue weighted by Crippen LogP contribution is -1.98. The van der Waals surface area contributed by atoms with Crippen molar-refractivity contribution in [3.05, 3.63) is 175 Å². The Bertz CT molecular complexity index is 2960. The predicted molar refractivity (Wildman–Crippen MR) is 224 cm³/mol. The molecular formula is C47H32O4P2. The molecule has 0 aliphatic rings. The molecule has 10 rings (SSSR count). The van der Waals surface area contributed by atoms with Gasteiger partial charge in [0.25, 0.3) is 0 Å². The van der Waals surface area contributed by atoms with Crippen LogP contribution in [0.25, 0.3) is 76.2 Å². The van der Waals surface area contributed by atoms with Gasteiger partial charge >= 0.3 is 8.24 Å². The van der Waals surface area contributed by atoms with Crippen LogP contribution in [-0.2, 0) is 0 Å². The minimum atomic E-state index is -1.96. The zero-order valence-electron chi connectivity index (χ0n) is 28.7. The van der Waals surface area contributed by atoms with Gasteiger partial charge in [-0.2, -0.15) is 0 Å². The Morgan fingerprint density at radius 1 is 0.434 bits per heavy atom. The van der Waals surface area contributed by atoms with E-state index in [1.54, 1.807) is 0 Å². The van der Waals surface area contributed by atoms with Crippen molar-refractivity contribution in [2.24, 2.45) is 0 Å². The van der Waals surface area contributed by atoms with Gasteiger partial charge in [-0.1, -0.05) is 151 Å². The summed E-state index contributed by atoms with van der Waals surface area (Å²) in [6, 6.07) is 58.9. The molecule has 0 amide bonds. The summed E-state index contributed by atoms with van der Waals surface area (Å²) in [5.41, 5.74) is 4.57. The van der Waals surface area contributed by atoms with Crippen molar-refractivity contribution in [2.45, 2.75) is 6.92 Å². The fourth-order valence-electron chi connectivity index (χ4n) is 7.38. The summed E-state index contributed by atoms with van der Waals surface area (Å²) >= 11 is 0. The van der Waals surface area contributed by atoms with E-state index in [-0.39, 0.29) is 8.81 Å². The van der Waals surface area contributed by atoms with Crippen LogP contribution in [-0.4, -0.2) is 0 Å². The average molecular weight is 723 g/mol. The summed E-state index contributed by atoms with van der Waals surface area (Å²) in [4.78, 5) is 0. The zero-order valence-corrected chi connectivity index (χ0v) is 30.6. The summed E-state index contributed by atoms with van der Waals surface area (Å²) < 4.78 is 27.4. The highest BCUT2D eigenvalue weighted by atomic mass is 31.1. The second-order valence-corrected chi connectivity index (χ2v) is 15.2. The number of hydrogen-bond acceptors (Lipinski definition) is 4. The summed E-state index contributed by atoms with van der Waals surface area (Å²) in [6.45, 7) is 2.10. The fourth-order valence-corrected chi connectivity index (χ4v) is 9.13. The maximum Gasteiger partial charge on any atom is 0.453 e. The van der Waals surface area contributed by atoms with Crippen LogP contribution >= 0.6 is 17.0 Å². The molecule has 4 nitrogen and oxygen atoms in total. The van der Waals surface area contributed by atoms with E-state index >= 15 is 0 Å². The van der Waals surface area contributed by atoms with Gasteiger partial charge in [0.1, 0.15) is 31.5 Å². The van der Waals surface area contributed by atoms with Crippen molar-refractivity contribution < 1.29 is 17.4 Å². The molecule has 10 aromatic rings. The standard InChI is InChI=1S/C47H32O4P2/c1-30-18-24-35(25-19-30)52-48-40-26-20-31-10-2-6-14-36(31)44(40)45-37-15-7-3-11-32(37)21-27-41(45)49-53-50-42-28-22-33-12-4-8-16-38(33)46(42)47-39-17-9-5-13-34(39)23-29-43(47)51-53/h2-29,52H,1H3. The molecule has 0 radical (unpaired) electrons. The van der Waals surface area contributed by atoms with Crippen molar-refractivity contribution in [2.75, 3.05) is 0 Å². The predicted octanol–water partition coefficient (Wildman–Crippen LogP) is 14.0. The van der Waals surface area contributed by atoms with Gasteiger partial charge < -0.3 is 17.4 Å². The largest absolute Gasteiger partial charge is 0.472 e. The molecule has 1 unspecified atom stereocenters. The van der Waals surface area contributed by atoms with Gasteiger partial charge in [-0.05, 0) is 74.3 Å². The van der Waals surface area contributed by atoms with Crippen LogP contribution in [0.2, 0.25) is 0 Å². The first-order valence-corrected chi connectivity index (χ1v) is 19.6. The second kappa shape index (κ2) is 13.2. The number of benzene rings is 9. The Kier molecular flexibility index (Phi) is 7.87. The third-order valence-electron chi connectivity index (χ3n) is 9.91. The molecule has 0 saturated carbocycles. The molecule has 254 valence electrons. The molecule has 53 heavy (non-hydrogen) atoms. The molecule has 1 aromatic heterocycles. The third kappa shape index (κ3) is 5.69. The zero-order chi connectivity index (χ0) is 35.3. The minimum absolute atomic E-state index is 0.126. The lowest BCUT2D eigenvalue weighted by atomic mass is 9.92. The molecule has 0 fully saturated rings. The van der Waals surface area contributed by atoms with E-state index in [2.05, 4.69) is 159 Å². The van der Waals surface area contributed by atoms with Gasteiger partial charge in [-0.15, -0.1) is 0 Å². The summed E-state index contributed by atoms with van der Waals surface area (Å²) in [6.07, 6.45) is 0. The molecule has 0 saturated heterocycles. The maximum atomic E-state index is 7.01. The molecule has 6 heteroatoms. The van der Waals surface area contributed by atoms with E-state index in [0.717, 1.165) is 87.2 Å². The summed E-state index contributed by atoms with van der Waals surface area (Å²) in [5.74, 6) is 1.44. The fraction of sp³-hybridized carbons (Fsp3) is 0.0213. The molecule has 1 heterocycles. The number of fused-ring (bicyclic) bond motifs is 9. The average Bonchev–Trinajstić information content (AvgIpc) is 3.37. The second-order valence-electron chi connectivity index (χ2n) is 13.2. The van der Waals surface area contributed by atoms with Gasteiger partial charge in [-0.25, -0.2) is 0 Å². The Balaban J connectivity index is 1.22. The monoisotopic (exact) mass is 722 g/mol. The molecule has 0 spiro atoms. The highest BCUT2D eigenvalue weighted by Crippen LogP contribution is 2.50. The molecule has 0 N–H and O–H groups in total. The van der Waals surface area contributed by atoms with Gasteiger partial charge in [0.05, 0.1) is 0 Å². The van der Waals surface area contributed by atoms with E-state index < -0.39 is 8.24 Å². The van der Waals surface area contributed by atoms with Crippen molar-refractivity contribution in [1.29, 1.82) is 0 Å². The van der Waals surface area contributed by atoms with E-state index in [1.807, 2.05) is 18.2 Å². The lowest BCUT2D eigenvalue weighted by Gasteiger charge is -2.18. The molecule has 0 bridgehead atoms. The van der Waals surface area contributed by atoms with E-state index in [1.165, 1.54) is 5.56 Å². The summed E-state index contributed by atoms with van der Waals surface area (Å²) in [5, 5.41) is 11.9. The Morgan fingerprint density at radius 2 is 0.868 bits per heavy atom. The van der Waals surface area contributed by atoms with Gasteiger partial charge in [0, 0.05) is 27.2 Å². The van der Waals surface area contributed by atoms with Crippen molar-refractivity contribution in [3.63, 3.8) is 0 Å². The van der Waals surface area contributed by atoms with Crippen LogP contribution in [0.3, 0.4) is 0 Å². The van der Waals surface area contributed by atoms with Gasteiger partial charge in [0.15, 0.2) is 0 Å².